The van der Waals surface area contributed by atoms with Crippen molar-refractivity contribution >= 4 is 32.4 Å². The molecule has 1 aromatic heterocycles. The Kier molecular flexibility index (Phi) is 4.88. The third-order valence-electron chi connectivity index (χ3n) is 4.39. The summed E-state index contributed by atoms with van der Waals surface area (Å²) in [5.41, 5.74) is 3.12. The molecule has 1 amide bonds. The molecule has 1 aliphatic heterocycles. The number of fused-ring (bicyclic) bond motifs is 1. The Hall–Kier alpha value is -2.75. The van der Waals surface area contributed by atoms with Gasteiger partial charge in [0, 0.05) is 22.9 Å². The molecule has 9 heteroatoms. The number of nitrogens with one attached hydrogen (secondary N) is 2. The summed E-state index contributed by atoms with van der Waals surface area (Å²) in [5, 5.41) is 5.04. The molecule has 0 aliphatic carbocycles. The van der Waals surface area contributed by atoms with Gasteiger partial charge in [0.1, 0.15) is 5.75 Å². The van der Waals surface area contributed by atoms with Crippen LogP contribution in [0.15, 0.2) is 52.7 Å². The van der Waals surface area contributed by atoms with Crippen molar-refractivity contribution in [2.75, 3.05) is 19.0 Å². The summed E-state index contributed by atoms with van der Waals surface area (Å²) in [5.74, 6) is 0.486. The first-order valence-electron chi connectivity index (χ1n) is 8.53. The number of carbonyl (C=O) groups excluding carboxylic acids is 1. The first-order chi connectivity index (χ1) is 13.5. The van der Waals surface area contributed by atoms with Crippen molar-refractivity contribution in [2.45, 2.75) is 11.3 Å². The summed E-state index contributed by atoms with van der Waals surface area (Å²) in [4.78, 5) is 17.0. The summed E-state index contributed by atoms with van der Waals surface area (Å²) in [6.07, 6.45) is 0.878. The number of hydrogen-bond donors (Lipinski definition) is 2. The standard InChI is InChI=1S/C19H17N3O4S2/c1-20-28(24,25)15-4-2-3-14(10-15)18(23)22-19-21-16(11-27-19)12-5-6-17-13(9-12)7-8-26-17/h2-6,9-11,20H,7-8H2,1H3,(H,21,22,23). The van der Waals surface area contributed by atoms with Crippen LogP contribution in [0.2, 0.25) is 0 Å². The van der Waals surface area contributed by atoms with Crippen molar-refractivity contribution in [1.29, 1.82) is 0 Å². The van der Waals surface area contributed by atoms with Crippen LogP contribution in [-0.4, -0.2) is 33.0 Å². The van der Waals surface area contributed by atoms with Gasteiger partial charge in [0.05, 0.1) is 17.2 Å². The van der Waals surface area contributed by atoms with Gasteiger partial charge in [-0.2, -0.15) is 0 Å². The Bertz CT molecular complexity index is 1160. The molecule has 0 bridgehead atoms. The van der Waals surface area contributed by atoms with Crippen molar-refractivity contribution in [3.8, 4) is 17.0 Å². The molecule has 0 saturated carbocycles. The van der Waals surface area contributed by atoms with E-state index in [2.05, 4.69) is 21.1 Å². The van der Waals surface area contributed by atoms with E-state index in [1.807, 2.05) is 17.5 Å². The summed E-state index contributed by atoms with van der Waals surface area (Å²) in [6, 6.07) is 11.8. The molecule has 0 radical (unpaired) electrons. The molecule has 2 aromatic carbocycles. The van der Waals surface area contributed by atoms with Crippen LogP contribution in [0.25, 0.3) is 11.3 Å². The maximum absolute atomic E-state index is 12.5. The normalized spacial score (nSPS) is 13.0. The minimum Gasteiger partial charge on any atom is -0.493 e. The number of carbonyl (C=O) groups is 1. The molecule has 2 N–H and O–H groups in total. The summed E-state index contributed by atoms with van der Waals surface area (Å²) < 4.78 is 31.6. The van der Waals surface area contributed by atoms with Crippen LogP contribution in [0.5, 0.6) is 5.75 Å². The van der Waals surface area contributed by atoms with E-state index in [1.54, 1.807) is 6.07 Å². The third kappa shape index (κ3) is 3.64. The molecule has 3 aromatic rings. The largest absolute Gasteiger partial charge is 0.493 e. The van der Waals surface area contributed by atoms with Crippen molar-refractivity contribution in [1.82, 2.24) is 9.71 Å². The molecule has 4 rings (SSSR count). The Balaban J connectivity index is 1.53. The van der Waals surface area contributed by atoms with E-state index in [-0.39, 0.29) is 10.5 Å². The number of nitrogens with zero attached hydrogens (tertiary/aromatic N) is 1. The number of amides is 1. The number of aromatic nitrogens is 1. The summed E-state index contributed by atoms with van der Waals surface area (Å²) in [6.45, 7) is 0.694. The minimum atomic E-state index is -3.62. The van der Waals surface area contributed by atoms with Gasteiger partial charge in [-0.25, -0.2) is 18.1 Å². The van der Waals surface area contributed by atoms with Crippen molar-refractivity contribution in [3.63, 3.8) is 0 Å². The predicted molar refractivity (Wildman–Crippen MR) is 107 cm³/mol. The lowest BCUT2D eigenvalue weighted by Gasteiger charge is -2.05. The highest BCUT2D eigenvalue weighted by Gasteiger charge is 2.17. The summed E-state index contributed by atoms with van der Waals surface area (Å²) in [7, 11) is -2.29. The number of ether oxygens (including phenoxy) is 1. The number of sulfonamides is 1. The molecule has 2 heterocycles. The second-order valence-corrected chi connectivity index (χ2v) is 8.89. The molecule has 0 atom stereocenters. The highest BCUT2D eigenvalue weighted by molar-refractivity contribution is 7.89. The Morgan fingerprint density at radius 3 is 2.89 bits per heavy atom. The lowest BCUT2D eigenvalue weighted by molar-refractivity contribution is 0.102. The first kappa shape index (κ1) is 18.6. The van der Waals surface area contributed by atoms with E-state index in [1.165, 1.54) is 36.6 Å². The van der Waals surface area contributed by atoms with Crippen molar-refractivity contribution in [3.05, 3.63) is 59.0 Å². The number of anilines is 1. The quantitative estimate of drug-likeness (QED) is 0.668. The van der Waals surface area contributed by atoms with E-state index in [0.29, 0.717) is 11.7 Å². The van der Waals surface area contributed by atoms with Crippen LogP contribution in [-0.2, 0) is 16.4 Å². The second-order valence-electron chi connectivity index (χ2n) is 6.15. The van der Waals surface area contributed by atoms with Crippen LogP contribution in [0.4, 0.5) is 5.13 Å². The molecular formula is C19H17N3O4S2. The molecule has 0 spiro atoms. The summed E-state index contributed by atoms with van der Waals surface area (Å²) >= 11 is 1.31. The first-order valence-corrected chi connectivity index (χ1v) is 10.9. The van der Waals surface area contributed by atoms with E-state index >= 15 is 0 Å². The van der Waals surface area contributed by atoms with Crippen LogP contribution >= 0.6 is 11.3 Å². The topological polar surface area (TPSA) is 97.4 Å². The smallest absolute Gasteiger partial charge is 0.257 e. The number of benzene rings is 2. The molecule has 144 valence electrons. The monoisotopic (exact) mass is 415 g/mol. The zero-order valence-corrected chi connectivity index (χ0v) is 16.6. The Labute approximate surface area is 166 Å². The highest BCUT2D eigenvalue weighted by atomic mass is 32.2. The van der Waals surface area contributed by atoms with Crippen molar-refractivity contribution in [2.24, 2.45) is 0 Å². The van der Waals surface area contributed by atoms with Crippen LogP contribution < -0.4 is 14.8 Å². The van der Waals surface area contributed by atoms with Gasteiger partial charge in [-0.15, -0.1) is 11.3 Å². The third-order valence-corrected chi connectivity index (χ3v) is 6.55. The van der Waals surface area contributed by atoms with Gasteiger partial charge in [-0.3, -0.25) is 10.1 Å². The van der Waals surface area contributed by atoms with Gasteiger partial charge in [0.2, 0.25) is 10.0 Å². The maximum Gasteiger partial charge on any atom is 0.257 e. The van der Waals surface area contributed by atoms with Gasteiger partial charge in [-0.05, 0) is 49.0 Å². The lowest BCUT2D eigenvalue weighted by atomic mass is 10.1. The van der Waals surface area contributed by atoms with E-state index < -0.39 is 15.9 Å². The Morgan fingerprint density at radius 2 is 2.07 bits per heavy atom. The number of thiazole rings is 1. The van der Waals surface area contributed by atoms with Gasteiger partial charge in [0.25, 0.3) is 5.91 Å². The number of hydrogen-bond acceptors (Lipinski definition) is 6. The molecular weight excluding hydrogens is 398 g/mol. The fourth-order valence-electron chi connectivity index (χ4n) is 2.90. The Morgan fingerprint density at radius 1 is 1.21 bits per heavy atom. The van der Waals surface area contributed by atoms with Crippen molar-refractivity contribution < 1.29 is 17.9 Å². The maximum atomic E-state index is 12.5. The van der Waals surface area contributed by atoms with Gasteiger partial charge >= 0.3 is 0 Å². The zero-order valence-electron chi connectivity index (χ0n) is 14.9. The minimum absolute atomic E-state index is 0.0304. The molecule has 28 heavy (non-hydrogen) atoms. The molecule has 0 saturated heterocycles. The molecule has 1 aliphatic rings. The average Bonchev–Trinajstić information content (AvgIpc) is 3.36. The highest BCUT2D eigenvalue weighted by Crippen LogP contribution is 2.32. The van der Waals surface area contributed by atoms with Crippen LogP contribution in [0.3, 0.4) is 0 Å². The molecule has 0 unspecified atom stereocenters. The molecule has 7 nitrogen and oxygen atoms in total. The molecule has 0 fully saturated rings. The van der Waals surface area contributed by atoms with Gasteiger partial charge < -0.3 is 4.74 Å². The van der Waals surface area contributed by atoms with E-state index in [0.717, 1.165) is 29.0 Å². The van der Waals surface area contributed by atoms with Gasteiger partial charge in [0.15, 0.2) is 5.13 Å². The predicted octanol–water partition coefficient (Wildman–Crippen LogP) is 2.91. The number of rotatable bonds is 5. The van der Waals surface area contributed by atoms with Gasteiger partial charge in [-0.1, -0.05) is 6.07 Å². The SMILES string of the molecule is CNS(=O)(=O)c1cccc(C(=O)Nc2nc(-c3ccc4c(c3)CCO4)cs2)c1. The fourth-order valence-corrected chi connectivity index (χ4v) is 4.39. The van der Waals surface area contributed by atoms with Crippen LogP contribution in [0, 0.1) is 0 Å². The second kappa shape index (κ2) is 7.34. The van der Waals surface area contributed by atoms with E-state index in [9.17, 15) is 13.2 Å². The lowest BCUT2D eigenvalue weighted by Crippen LogP contribution is -2.19. The average molecular weight is 415 g/mol. The zero-order chi connectivity index (χ0) is 19.7. The van der Waals surface area contributed by atoms with E-state index in [4.69, 9.17) is 4.74 Å². The van der Waals surface area contributed by atoms with Crippen LogP contribution in [0.1, 0.15) is 15.9 Å². The fraction of sp³-hybridized carbons (Fsp3) is 0.158.